The number of aryl methyl sites for hydroxylation is 3. The molecular weight excluding hydrogens is 580 g/mol. The number of halogens is 1. The van der Waals surface area contributed by atoms with E-state index in [1.165, 1.54) is 11.3 Å². The standard InChI is InChI=1S/C34H31ClN4O3S/c1-18-13-26-30(28(20-7-9-24(35)10-8-20)27(18)29(33(40)41)42-34(3,4)5)43-32(38-26)21-11-12-36-25(16-21)23-15-22-14-19(2)39(6)31(22)37-17-23/h7-17,29H,1-6H3,(H,40,41). The van der Waals surface area contributed by atoms with Crippen LogP contribution in [0, 0.1) is 13.8 Å². The van der Waals surface area contributed by atoms with Gasteiger partial charge in [0.1, 0.15) is 10.7 Å². The molecule has 43 heavy (non-hydrogen) atoms. The lowest BCUT2D eigenvalue weighted by molar-refractivity contribution is -0.160. The Morgan fingerprint density at radius 1 is 1.00 bits per heavy atom. The molecule has 218 valence electrons. The molecule has 1 atom stereocenters. The summed E-state index contributed by atoms with van der Waals surface area (Å²) in [6, 6.07) is 17.6. The average Bonchev–Trinajstić information content (AvgIpc) is 3.51. The molecule has 9 heteroatoms. The van der Waals surface area contributed by atoms with Crippen LogP contribution in [0.25, 0.3) is 54.2 Å². The molecule has 0 fully saturated rings. The fraction of sp³-hybridized carbons (Fsp3) is 0.235. The molecule has 0 saturated carbocycles. The van der Waals surface area contributed by atoms with Crippen molar-refractivity contribution in [2.45, 2.75) is 46.3 Å². The fourth-order valence-corrected chi connectivity index (χ4v) is 6.62. The van der Waals surface area contributed by atoms with E-state index in [1.807, 2.05) is 83.4 Å². The van der Waals surface area contributed by atoms with E-state index < -0.39 is 17.7 Å². The summed E-state index contributed by atoms with van der Waals surface area (Å²) in [5.74, 6) is -1.05. The molecule has 0 bridgehead atoms. The van der Waals surface area contributed by atoms with Crippen molar-refractivity contribution in [1.29, 1.82) is 0 Å². The molecule has 0 aliphatic carbocycles. The number of hydrogen-bond acceptors (Lipinski definition) is 6. The van der Waals surface area contributed by atoms with Gasteiger partial charge in [-0.15, -0.1) is 11.3 Å². The zero-order chi connectivity index (χ0) is 30.6. The first kappa shape index (κ1) is 29.0. The van der Waals surface area contributed by atoms with E-state index in [2.05, 4.69) is 33.6 Å². The van der Waals surface area contributed by atoms with Crippen molar-refractivity contribution in [2.75, 3.05) is 0 Å². The van der Waals surface area contributed by atoms with Crippen molar-refractivity contribution < 1.29 is 14.6 Å². The summed E-state index contributed by atoms with van der Waals surface area (Å²) in [6.45, 7) is 9.55. The Morgan fingerprint density at radius 3 is 2.44 bits per heavy atom. The molecule has 0 aliphatic rings. The highest BCUT2D eigenvalue weighted by Gasteiger charge is 2.32. The monoisotopic (exact) mass is 610 g/mol. The van der Waals surface area contributed by atoms with Crippen LogP contribution in [0.1, 0.15) is 43.7 Å². The number of aliphatic carboxylic acids is 1. The zero-order valence-corrected chi connectivity index (χ0v) is 26.3. The summed E-state index contributed by atoms with van der Waals surface area (Å²) in [7, 11) is 2.01. The number of pyridine rings is 2. The van der Waals surface area contributed by atoms with Crippen molar-refractivity contribution in [3.63, 3.8) is 0 Å². The van der Waals surface area contributed by atoms with Gasteiger partial charge in [0.2, 0.25) is 0 Å². The molecule has 1 N–H and O–H groups in total. The summed E-state index contributed by atoms with van der Waals surface area (Å²) >= 11 is 7.76. The largest absolute Gasteiger partial charge is 0.479 e. The number of carboxylic acid groups (broad SMARTS) is 1. The number of rotatable bonds is 6. The molecule has 0 spiro atoms. The Balaban J connectivity index is 1.52. The van der Waals surface area contributed by atoms with Crippen LogP contribution in [0.3, 0.4) is 0 Å². The number of ether oxygens (including phenoxy) is 1. The SMILES string of the molecule is Cc1cc2nc(-c3ccnc(-c4cnc5c(c4)cc(C)n5C)c3)sc2c(-c2ccc(Cl)cc2)c1C(OC(C)(C)C)C(=O)O. The summed E-state index contributed by atoms with van der Waals surface area (Å²) in [6.07, 6.45) is 2.46. The van der Waals surface area contributed by atoms with E-state index in [0.29, 0.717) is 10.6 Å². The molecule has 4 heterocycles. The Bertz CT molecular complexity index is 2020. The summed E-state index contributed by atoms with van der Waals surface area (Å²) in [5.41, 5.74) is 7.85. The molecule has 2 aromatic carbocycles. The van der Waals surface area contributed by atoms with Gasteiger partial charge in [-0.3, -0.25) is 4.98 Å². The van der Waals surface area contributed by atoms with Crippen LogP contribution in [0.4, 0.5) is 0 Å². The van der Waals surface area contributed by atoms with Crippen molar-refractivity contribution in [2.24, 2.45) is 7.05 Å². The number of carboxylic acids is 1. The Labute approximate surface area is 258 Å². The second-order valence-corrected chi connectivity index (χ2v) is 13.2. The normalized spacial score (nSPS) is 12.7. The molecule has 6 rings (SSSR count). The number of benzene rings is 2. The van der Waals surface area contributed by atoms with Crippen LogP contribution in [-0.4, -0.2) is 36.2 Å². The number of fused-ring (bicyclic) bond motifs is 2. The van der Waals surface area contributed by atoms with E-state index in [9.17, 15) is 9.90 Å². The molecule has 0 amide bonds. The summed E-state index contributed by atoms with van der Waals surface area (Å²) < 4.78 is 9.09. The smallest absolute Gasteiger partial charge is 0.337 e. The Morgan fingerprint density at radius 2 is 1.74 bits per heavy atom. The summed E-state index contributed by atoms with van der Waals surface area (Å²) in [5, 5.41) is 12.8. The van der Waals surface area contributed by atoms with Crippen LogP contribution in [0.15, 0.2) is 67.0 Å². The fourth-order valence-electron chi connectivity index (χ4n) is 5.37. The van der Waals surface area contributed by atoms with Gasteiger partial charge in [-0.1, -0.05) is 23.7 Å². The minimum Gasteiger partial charge on any atom is -0.479 e. The van der Waals surface area contributed by atoms with Gasteiger partial charge in [0.05, 0.1) is 21.5 Å². The Hall–Kier alpha value is -4.11. The van der Waals surface area contributed by atoms with E-state index >= 15 is 0 Å². The van der Waals surface area contributed by atoms with Crippen molar-refractivity contribution in [1.82, 2.24) is 19.5 Å². The van der Waals surface area contributed by atoms with Gasteiger partial charge in [0.15, 0.2) is 6.10 Å². The molecule has 0 radical (unpaired) electrons. The first-order valence-electron chi connectivity index (χ1n) is 13.9. The van der Waals surface area contributed by atoms with Crippen molar-refractivity contribution in [3.05, 3.63) is 88.8 Å². The van der Waals surface area contributed by atoms with Gasteiger partial charge in [0.25, 0.3) is 0 Å². The molecular formula is C34H31ClN4O3S. The third-order valence-corrected chi connectivity index (χ3v) is 8.82. The molecule has 4 aromatic heterocycles. The zero-order valence-electron chi connectivity index (χ0n) is 24.8. The van der Waals surface area contributed by atoms with Gasteiger partial charge in [-0.25, -0.2) is 14.8 Å². The van der Waals surface area contributed by atoms with E-state index in [-0.39, 0.29) is 0 Å². The van der Waals surface area contributed by atoms with Gasteiger partial charge < -0.3 is 14.4 Å². The quantitative estimate of drug-likeness (QED) is 0.203. The van der Waals surface area contributed by atoms with Crippen LogP contribution >= 0.6 is 22.9 Å². The van der Waals surface area contributed by atoms with Crippen LogP contribution < -0.4 is 0 Å². The number of nitrogens with zero attached hydrogens (tertiary/aromatic N) is 4. The van der Waals surface area contributed by atoms with Crippen LogP contribution in [0.2, 0.25) is 5.02 Å². The topological polar surface area (TPSA) is 90.1 Å². The first-order valence-corrected chi connectivity index (χ1v) is 15.1. The average molecular weight is 611 g/mol. The minimum absolute atomic E-state index is 0.600. The molecule has 6 aromatic rings. The minimum atomic E-state index is -1.17. The van der Waals surface area contributed by atoms with Crippen LogP contribution in [0.5, 0.6) is 0 Å². The van der Waals surface area contributed by atoms with Gasteiger partial charge in [0, 0.05) is 57.8 Å². The number of aromatic nitrogens is 4. The third kappa shape index (κ3) is 5.54. The molecule has 0 saturated heterocycles. The molecule has 7 nitrogen and oxygen atoms in total. The molecule has 1 unspecified atom stereocenters. The predicted molar refractivity (Wildman–Crippen MR) is 174 cm³/mol. The maximum atomic E-state index is 12.6. The van der Waals surface area contributed by atoms with Gasteiger partial charge >= 0.3 is 5.97 Å². The van der Waals surface area contributed by atoms with Crippen LogP contribution in [-0.2, 0) is 16.6 Å². The van der Waals surface area contributed by atoms with Crippen molar-refractivity contribution in [3.8, 4) is 33.0 Å². The highest BCUT2D eigenvalue weighted by Crippen LogP contribution is 2.44. The van der Waals surface area contributed by atoms with Gasteiger partial charge in [-0.05, 0) is 88.2 Å². The summed E-state index contributed by atoms with van der Waals surface area (Å²) in [4.78, 5) is 27.0. The lowest BCUT2D eigenvalue weighted by atomic mass is 9.91. The predicted octanol–water partition coefficient (Wildman–Crippen LogP) is 8.79. The third-order valence-electron chi connectivity index (χ3n) is 7.43. The second-order valence-electron chi connectivity index (χ2n) is 11.7. The maximum absolute atomic E-state index is 12.6. The highest BCUT2D eigenvalue weighted by atomic mass is 35.5. The number of carbonyl (C=O) groups is 1. The van der Waals surface area contributed by atoms with E-state index in [4.69, 9.17) is 21.3 Å². The van der Waals surface area contributed by atoms with Crippen molar-refractivity contribution >= 4 is 50.2 Å². The Kier molecular flexibility index (Phi) is 7.32. The van der Waals surface area contributed by atoms with E-state index in [0.717, 1.165) is 65.5 Å². The lowest BCUT2D eigenvalue weighted by Crippen LogP contribution is -2.28. The highest BCUT2D eigenvalue weighted by molar-refractivity contribution is 7.22. The second kappa shape index (κ2) is 10.9. The van der Waals surface area contributed by atoms with Gasteiger partial charge in [-0.2, -0.15) is 0 Å². The molecule has 0 aliphatic heterocycles. The maximum Gasteiger partial charge on any atom is 0.337 e. The first-order chi connectivity index (χ1) is 20.4. The lowest BCUT2D eigenvalue weighted by Gasteiger charge is -2.28. The number of hydrogen-bond donors (Lipinski definition) is 1. The number of thiazole rings is 1. The van der Waals surface area contributed by atoms with E-state index in [1.54, 1.807) is 6.20 Å².